The van der Waals surface area contributed by atoms with Gasteiger partial charge in [0.25, 0.3) is 0 Å². The van der Waals surface area contributed by atoms with Crippen LogP contribution in [0.2, 0.25) is 0 Å². The normalized spacial score (nSPS) is 12.4. The highest BCUT2D eigenvalue weighted by atomic mass is 19.4. The van der Waals surface area contributed by atoms with Gasteiger partial charge in [-0.05, 0) is 151 Å². The number of alkyl halides is 3. The average molecular weight is 1230 g/mol. The van der Waals surface area contributed by atoms with E-state index in [1.165, 1.54) is 6.07 Å². The first-order valence-electron chi connectivity index (χ1n) is 32.1. The molecule has 0 amide bonds. The Morgan fingerprint density at radius 3 is 0.663 bits per heavy atom. The first-order chi connectivity index (χ1) is 46.7. The van der Waals surface area contributed by atoms with E-state index in [4.69, 9.17) is 0 Å². The third kappa shape index (κ3) is 7.69. The van der Waals surface area contributed by atoms with E-state index in [9.17, 15) is 0 Å². The molecule has 0 aliphatic rings. The van der Waals surface area contributed by atoms with E-state index in [-0.39, 0.29) is 5.56 Å². The molecule has 14 aromatic carbocycles. The maximum absolute atomic E-state index is 16.3. The van der Waals surface area contributed by atoms with Gasteiger partial charge >= 0.3 is 6.18 Å². The first kappa shape index (κ1) is 53.3. The van der Waals surface area contributed by atoms with Crippen LogP contribution in [0.4, 0.5) is 13.2 Å². The topological polar surface area (TPSA) is 29.6 Å². The largest absolute Gasteiger partial charge is 0.417 e. The van der Waals surface area contributed by atoms with E-state index in [2.05, 4.69) is 300 Å². The SMILES string of the molecule is Cc1ccc(-n2c3cc(-n4c5ccccc5c5ccccc54)ccc3c3ccc(-n4c5ccccc5c5ccccc54)cc32)cc1-c1cc(-n2c3cc(-n4c5ccccc5c5ccccc54)ccc3c3ccc(-n4c5ccccc5c5ccccc54)cc32)ccc1C(F)(F)F. The molecule has 6 nitrogen and oxygen atoms in total. The van der Waals surface area contributed by atoms with E-state index in [0.29, 0.717) is 16.8 Å². The highest BCUT2D eigenvalue weighted by Crippen LogP contribution is 2.46. The van der Waals surface area contributed by atoms with Crippen LogP contribution in [0.1, 0.15) is 11.1 Å². The summed E-state index contributed by atoms with van der Waals surface area (Å²) in [6.45, 7) is 1.93. The van der Waals surface area contributed by atoms with Crippen LogP contribution in [0.15, 0.2) is 303 Å². The lowest BCUT2D eigenvalue weighted by atomic mass is 9.94. The highest BCUT2D eigenvalue weighted by Gasteiger charge is 2.35. The van der Waals surface area contributed by atoms with Crippen molar-refractivity contribution in [3.8, 4) is 45.3 Å². The summed E-state index contributed by atoms with van der Waals surface area (Å²) in [5, 5.41) is 13.1. The van der Waals surface area contributed by atoms with Gasteiger partial charge in [-0.25, -0.2) is 0 Å². The van der Waals surface area contributed by atoms with Gasteiger partial charge in [-0.3, -0.25) is 0 Å². The first-order valence-corrected chi connectivity index (χ1v) is 32.1. The number of aryl methyl sites for hydroxylation is 1. The van der Waals surface area contributed by atoms with E-state index in [0.717, 1.165) is 159 Å². The summed E-state index contributed by atoms with van der Waals surface area (Å²) in [5.74, 6) is 0. The molecule has 20 aromatic rings. The quantitative estimate of drug-likeness (QED) is 0.152. The number of benzene rings is 14. The van der Waals surface area contributed by atoms with Gasteiger partial charge < -0.3 is 27.4 Å². The van der Waals surface area contributed by atoms with Crippen LogP contribution in [0.3, 0.4) is 0 Å². The standard InChI is InChI=1S/C86H53F3N6/c1-52-34-35-53(94-82-48-55(90-74-26-10-2-18-59(74)60-19-3-11-27-75(60)90)36-41-67(82)68-42-37-56(49-83(68)94)91-76-28-12-4-20-61(76)62-21-5-13-29-77(62)91)46-71(52)72-47-54(40-45-73(72)86(87,88)89)95-84-50-57(92-78-30-14-6-22-63(78)64-23-7-15-31-79(64)92)38-43-69(84)70-44-39-58(51-85(70)95)93-80-32-16-8-24-65(80)66-25-9-17-33-81(66)93/h2-51H,1H3. The highest BCUT2D eigenvalue weighted by molar-refractivity contribution is 6.16. The summed E-state index contributed by atoms with van der Waals surface area (Å²) in [6, 6.07) is 105. The second-order valence-corrected chi connectivity index (χ2v) is 25.2. The van der Waals surface area contributed by atoms with Crippen LogP contribution < -0.4 is 0 Å². The summed E-state index contributed by atoms with van der Waals surface area (Å²) in [7, 11) is 0. The van der Waals surface area contributed by atoms with Gasteiger partial charge in [-0.2, -0.15) is 13.2 Å². The fourth-order valence-corrected chi connectivity index (χ4v) is 16.1. The molecule has 0 saturated heterocycles. The summed E-state index contributed by atoms with van der Waals surface area (Å²) < 4.78 is 62.7. The molecule has 0 N–H and O–H groups in total. The minimum absolute atomic E-state index is 0.0826. The van der Waals surface area contributed by atoms with Crippen molar-refractivity contribution in [2.24, 2.45) is 0 Å². The summed E-state index contributed by atoms with van der Waals surface area (Å²) in [6.07, 6.45) is -4.72. The number of hydrogen-bond acceptors (Lipinski definition) is 0. The van der Waals surface area contributed by atoms with Crippen molar-refractivity contribution in [1.29, 1.82) is 0 Å². The van der Waals surface area contributed by atoms with Crippen molar-refractivity contribution in [2.75, 3.05) is 0 Å². The summed E-state index contributed by atoms with van der Waals surface area (Å²) >= 11 is 0. The third-order valence-corrected chi connectivity index (χ3v) is 20.2. The van der Waals surface area contributed by atoms with Crippen LogP contribution in [0.5, 0.6) is 0 Å². The molecular weight excluding hydrogens is 1170 g/mol. The van der Waals surface area contributed by atoms with Gasteiger partial charge in [0.2, 0.25) is 0 Å². The monoisotopic (exact) mass is 1230 g/mol. The van der Waals surface area contributed by atoms with Crippen molar-refractivity contribution in [2.45, 2.75) is 13.1 Å². The molecule has 0 spiro atoms. The van der Waals surface area contributed by atoms with Crippen molar-refractivity contribution in [3.63, 3.8) is 0 Å². The van der Waals surface area contributed by atoms with E-state index in [1.807, 2.05) is 19.1 Å². The van der Waals surface area contributed by atoms with Crippen LogP contribution in [0.25, 0.3) is 176 Å². The van der Waals surface area contributed by atoms with Gasteiger partial charge in [-0.15, -0.1) is 0 Å². The number of fused-ring (bicyclic) bond motifs is 18. The molecule has 0 fully saturated rings. The lowest BCUT2D eigenvalue weighted by molar-refractivity contribution is -0.137. The Balaban J connectivity index is 0.844. The Morgan fingerprint density at radius 1 is 0.200 bits per heavy atom. The second-order valence-electron chi connectivity index (χ2n) is 25.2. The van der Waals surface area contributed by atoms with Crippen molar-refractivity contribution in [1.82, 2.24) is 27.4 Å². The third-order valence-electron chi connectivity index (χ3n) is 20.2. The average Bonchev–Trinajstić information content (AvgIpc) is 1.59. The molecule has 0 aliphatic heterocycles. The molecule has 6 heterocycles. The molecule has 95 heavy (non-hydrogen) atoms. The zero-order chi connectivity index (χ0) is 62.9. The van der Waals surface area contributed by atoms with Crippen LogP contribution in [-0.2, 0) is 6.18 Å². The minimum atomic E-state index is -4.72. The maximum Gasteiger partial charge on any atom is 0.417 e. The molecule has 6 aromatic heterocycles. The van der Waals surface area contributed by atoms with Crippen LogP contribution in [0, 0.1) is 6.92 Å². The van der Waals surface area contributed by atoms with Crippen molar-refractivity contribution >= 4 is 131 Å². The Hall–Kier alpha value is -12.3. The molecule has 0 atom stereocenters. The van der Waals surface area contributed by atoms with Gasteiger partial charge in [0, 0.05) is 98.8 Å². The van der Waals surface area contributed by atoms with Crippen LogP contribution >= 0.6 is 0 Å². The number of rotatable bonds is 7. The Morgan fingerprint density at radius 2 is 0.400 bits per heavy atom. The van der Waals surface area contributed by atoms with Crippen molar-refractivity contribution in [3.05, 3.63) is 314 Å². The lowest BCUT2D eigenvalue weighted by Crippen LogP contribution is -2.09. The van der Waals surface area contributed by atoms with E-state index in [1.54, 1.807) is 12.1 Å². The molecule has 20 rings (SSSR count). The minimum Gasteiger partial charge on any atom is -0.309 e. The predicted octanol–water partition coefficient (Wildman–Crippen LogP) is 23.3. The molecule has 0 unspecified atom stereocenters. The lowest BCUT2D eigenvalue weighted by Gasteiger charge is -2.19. The Bertz CT molecular complexity index is 6120. The number of hydrogen-bond donors (Lipinski definition) is 0. The Kier molecular flexibility index (Phi) is 11.1. The molecule has 0 radical (unpaired) electrons. The predicted molar refractivity (Wildman–Crippen MR) is 388 cm³/mol. The van der Waals surface area contributed by atoms with E-state index >= 15 is 13.2 Å². The molecule has 0 bridgehead atoms. The summed E-state index contributed by atoms with van der Waals surface area (Å²) in [4.78, 5) is 0. The van der Waals surface area contributed by atoms with Crippen molar-refractivity contribution < 1.29 is 13.2 Å². The molecular formula is C86H53F3N6. The van der Waals surface area contributed by atoms with Gasteiger partial charge in [-0.1, -0.05) is 176 Å². The molecule has 9 heteroatoms. The number of aromatic nitrogens is 6. The Labute approximate surface area is 541 Å². The number of nitrogens with zero attached hydrogens (tertiary/aromatic N) is 6. The van der Waals surface area contributed by atoms with E-state index < -0.39 is 11.7 Å². The molecule has 448 valence electrons. The number of para-hydroxylation sites is 8. The fourth-order valence-electron chi connectivity index (χ4n) is 16.1. The molecule has 0 saturated carbocycles. The van der Waals surface area contributed by atoms with Gasteiger partial charge in [0.15, 0.2) is 0 Å². The summed E-state index contributed by atoms with van der Waals surface area (Å²) in [5.41, 5.74) is 17.8. The number of halogens is 3. The zero-order valence-corrected chi connectivity index (χ0v) is 51.2. The van der Waals surface area contributed by atoms with Gasteiger partial charge in [0.05, 0.1) is 71.8 Å². The molecule has 0 aliphatic carbocycles. The fraction of sp³-hybridized carbons (Fsp3) is 0.0233. The smallest absolute Gasteiger partial charge is 0.309 e. The second kappa shape index (κ2) is 19.8. The van der Waals surface area contributed by atoms with Gasteiger partial charge in [0.1, 0.15) is 0 Å². The zero-order valence-electron chi connectivity index (χ0n) is 51.2. The van der Waals surface area contributed by atoms with Crippen LogP contribution in [-0.4, -0.2) is 27.4 Å². The maximum atomic E-state index is 16.3.